The Morgan fingerprint density at radius 3 is 2.17 bits per heavy atom. The van der Waals surface area contributed by atoms with Crippen LogP contribution in [-0.2, 0) is 0 Å². The smallest absolute Gasteiger partial charge is 0.132 e. The fraction of sp³-hybridized carbons (Fsp3) is 0.333. The fourth-order valence-corrected chi connectivity index (χ4v) is 5.71. The topological polar surface area (TPSA) is 51.7 Å². The number of piperidine rings is 1. The van der Waals surface area contributed by atoms with Crippen LogP contribution in [-0.4, -0.2) is 41.7 Å². The van der Waals surface area contributed by atoms with Crippen molar-refractivity contribution in [1.29, 1.82) is 0 Å². The average molecular weight is 562 g/mol. The molecule has 1 atom stereocenters. The van der Waals surface area contributed by atoms with Gasteiger partial charge in [-0.3, -0.25) is 4.31 Å². The van der Waals surface area contributed by atoms with Crippen LogP contribution in [0.3, 0.4) is 0 Å². The number of hydrogen-bond acceptors (Lipinski definition) is 4. The monoisotopic (exact) mass is 561 g/mol. The van der Waals surface area contributed by atoms with E-state index in [1.807, 2.05) is 6.92 Å². The molecule has 0 radical (unpaired) electrons. The van der Waals surface area contributed by atoms with Crippen LogP contribution >= 0.6 is 10.7 Å². The van der Waals surface area contributed by atoms with Crippen LogP contribution in [0.5, 0.6) is 0 Å². The van der Waals surface area contributed by atoms with Crippen molar-refractivity contribution in [2.45, 2.75) is 58.4 Å². The molecular weight excluding hydrogens is 517 g/mol. The second-order valence-electron chi connectivity index (χ2n) is 10.4. The lowest BCUT2D eigenvalue weighted by Gasteiger charge is -2.34. The van der Waals surface area contributed by atoms with Gasteiger partial charge in [0.15, 0.2) is 0 Å². The molecule has 3 N–H and O–H groups in total. The summed E-state index contributed by atoms with van der Waals surface area (Å²) in [6.07, 6.45) is 7.99. The van der Waals surface area contributed by atoms with Gasteiger partial charge in [0.25, 0.3) is 0 Å². The van der Waals surface area contributed by atoms with Crippen LogP contribution < -0.4 is 16.0 Å². The summed E-state index contributed by atoms with van der Waals surface area (Å²) in [5.74, 6) is 5.55. The van der Waals surface area contributed by atoms with E-state index in [9.17, 15) is 4.39 Å². The maximum atomic E-state index is 13.2. The molecule has 0 saturated carbocycles. The lowest BCUT2D eigenvalue weighted by Crippen LogP contribution is -2.41. The summed E-state index contributed by atoms with van der Waals surface area (Å²) in [5, 5.41) is 10.3. The van der Waals surface area contributed by atoms with Gasteiger partial charge in [0, 0.05) is 41.9 Å². The van der Waals surface area contributed by atoms with Crippen LogP contribution in [0.15, 0.2) is 106 Å². The van der Waals surface area contributed by atoms with Crippen molar-refractivity contribution < 1.29 is 4.39 Å². The first kappa shape index (κ1) is 31.3. The van der Waals surface area contributed by atoms with Gasteiger partial charge >= 0.3 is 0 Å². The summed E-state index contributed by atoms with van der Waals surface area (Å²) in [6.45, 7) is 17.4. The summed E-state index contributed by atoms with van der Waals surface area (Å²) in [5.41, 5.74) is 5.81. The standard InChI is InChI=1S/C33H44FN5S/c1-8-9-33(38-31-12-10-28(34)11-13-31)37-27(6)36-30-14-16-32(17-15-30)40(7)39-20-18-29(19-21-39)35-23-25(4)22-26(5)24(2)3/h8-17,22,29,35,38H,1,7,18-21,23H2,2-6H3,(H,36,37)/b25-22+,33-9+. The number of hydrogen-bond donors (Lipinski definition) is 3. The van der Waals surface area contributed by atoms with Gasteiger partial charge in [-0.2, -0.15) is 0 Å². The number of rotatable bonds is 11. The van der Waals surface area contributed by atoms with Crippen LogP contribution in [0.25, 0.3) is 0 Å². The molecule has 0 amide bonds. The Morgan fingerprint density at radius 2 is 1.57 bits per heavy atom. The van der Waals surface area contributed by atoms with Gasteiger partial charge in [-0.05, 0) is 102 Å². The van der Waals surface area contributed by atoms with Crippen LogP contribution in [0.2, 0.25) is 0 Å². The summed E-state index contributed by atoms with van der Waals surface area (Å²) < 4.78 is 15.7. The SMILES string of the molecule is C=C/C=C(\N=C(/C)Nc1ccc(S(=C)N2CCC(NC/C(C)=C/C(C)=C(C)C)CC2)cc1)Nc1ccc(F)cc1. The highest BCUT2D eigenvalue weighted by atomic mass is 32.2. The zero-order valence-corrected chi connectivity index (χ0v) is 25.4. The van der Waals surface area contributed by atoms with E-state index in [1.54, 1.807) is 24.3 Å². The van der Waals surface area contributed by atoms with E-state index < -0.39 is 0 Å². The first-order valence-electron chi connectivity index (χ1n) is 13.8. The lowest BCUT2D eigenvalue weighted by molar-refractivity contribution is 0.312. The number of nitrogens with zero attached hydrogens (tertiary/aromatic N) is 2. The third-order valence-electron chi connectivity index (χ3n) is 6.82. The molecule has 0 bridgehead atoms. The summed E-state index contributed by atoms with van der Waals surface area (Å²) >= 11 is 0. The van der Waals surface area contributed by atoms with E-state index in [1.165, 1.54) is 33.7 Å². The van der Waals surface area contributed by atoms with Crippen LogP contribution in [0, 0.1) is 5.82 Å². The zero-order chi connectivity index (χ0) is 29.1. The molecule has 0 aromatic heterocycles. The number of halogens is 1. The van der Waals surface area contributed by atoms with Gasteiger partial charge in [0.05, 0.1) is 0 Å². The maximum Gasteiger partial charge on any atom is 0.132 e. The van der Waals surface area contributed by atoms with Crippen LogP contribution in [0.1, 0.15) is 47.5 Å². The third kappa shape index (κ3) is 10.0. The van der Waals surface area contributed by atoms with E-state index in [4.69, 9.17) is 0 Å². The molecule has 1 aliphatic rings. The molecule has 1 saturated heterocycles. The third-order valence-corrected chi connectivity index (χ3v) is 8.62. The van der Waals surface area contributed by atoms with Gasteiger partial charge in [0.2, 0.25) is 0 Å². The van der Waals surface area contributed by atoms with E-state index in [-0.39, 0.29) is 16.5 Å². The minimum atomic E-state index is -0.278. The van der Waals surface area contributed by atoms with E-state index in [2.05, 4.69) is 95.7 Å². The number of nitrogens with one attached hydrogen (secondary N) is 3. The molecule has 2 aromatic rings. The Balaban J connectivity index is 1.51. The van der Waals surface area contributed by atoms with Crippen molar-refractivity contribution >= 4 is 33.8 Å². The molecule has 5 nitrogen and oxygen atoms in total. The first-order valence-corrected chi connectivity index (χ1v) is 15.1. The minimum absolute atomic E-state index is 0.195. The van der Waals surface area contributed by atoms with Gasteiger partial charge in [0.1, 0.15) is 17.5 Å². The Morgan fingerprint density at radius 1 is 0.975 bits per heavy atom. The molecule has 40 heavy (non-hydrogen) atoms. The Labute approximate surface area is 242 Å². The van der Waals surface area contributed by atoms with Crippen molar-refractivity contribution in [3.8, 4) is 0 Å². The predicted molar refractivity (Wildman–Crippen MR) is 175 cm³/mol. The quantitative estimate of drug-likeness (QED) is 0.112. The molecule has 0 aliphatic carbocycles. The highest BCUT2D eigenvalue weighted by Crippen LogP contribution is 2.32. The van der Waals surface area contributed by atoms with Crippen LogP contribution in [0.4, 0.5) is 15.8 Å². The molecule has 214 valence electrons. The molecule has 1 heterocycles. The minimum Gasteiger partial charge on any atom is -0.344 e. The van der Waals surface area contributed by atoms with Crippen molar-refractivity contribution in [2.24, 2.45) is 4.99 Å². The van der Waals surface area contributed by atoms with Gasteiger partial charge in [-0.15, -0.1) is 0 Å². The molecular formula is C33H44FN5S. The normalized spacial score (nSPS) is 16.4. The highest BCUT2D eigenvalue weighted by Gasteiger charge is 2.20. The van der Waals surface area contributed by atoms with E-state index >= 15 is 0 Å². The predicted octanol–water partition coefficient (Wildman–Crippen LogP) is 8.13. The molecule has 0 spiro atoms. The summed E-state index contributed by atoms with van der Waals surface area (Å²) in [4.78, 5) is 5.85. The molecule has 1 aliphatic heterocycles. The zero-order valence-electron chi connectivity index (χ0n) is 24.6. The number of allylic oxidation sites excluding steroid dienone is 5. The van der Waals surface area contributed by atoms with Gasteiger partial charge in [-0.1, -0.05) is 52.0 Å². The molecule has 1 unspecified atom stereocenters. The summed E-state index contributed by atoms with van der Waals surface area (Å²) in [7, 11) is -0.195. The largest absolute Gasteiger partial charge is 0.344 e. The number of amidine groups is 1. The molecule has 2 aromatic carbocycles. The van der Waals surface area contributed by atoms with E-state index in [0.717, 1.165) is 49.7 Å². The number of aliphatic imine (C=N–C) groups is 1. The molecule has 3 rings (SSSR count). The molecule has 7 heteroatoms. The molecule has 1 fully saturated rings. The highest BCUT2D eigenvalue weighted by molar-refractivity contribution is 8.12. The first-order chi connectivity index (χ1) is 19.1. The average Bonchev–Trinajstić information content (AvgIpc) is 2.93. The van der Waals surface area contributed by atoms with Crippen molar-refractivity contribution in [2.75, 3.05) is 30.3 Å². The number of anilines is 2. The Bertz CT molecular complexity index is 1280. The Hall–Kier alpha value is -3.26. The van der Waals surface area contributed by atoms with Gasteiger partial charge < -0.3 is 16.0 Å². The van der Waals surface area contributed by atoms with E-state index in [0.29, 0.717) is 11.9 Å². The maximum absolute atomic E-state index is 13.2. The second kappa shape index (κ2) is 15.5. The lowest BCUT2D eigenvalue weighted by atomic mass is 10.1. The van der Waals surface area contributed by atoms with Gasteiger partial charge in [-0.25, -0.2) is 9.38 Å². The second-order valence-corrected chi connectivity index (χ2v) is 12.1. The van der Waals surface area contributed by atoms with Crippen molar-refractivity contribution in [3.63, 3.8) is 0 Å². The fourth-order valence-electron chi connectivity index (χ4n) is 4.31. The summed E-state index contributed by atoms with van der Waals surface area (Å²) in [6, 6.07) is 15.1. The van der Waals surface area contributed by atoms with Crippen molar-refractivity contribution in [3.05, 3.63) is 102 Å². The van der Waals surface area contributed by atoms with Crippen molar-refractivity contribution in [1.82, 2.24) is 9.62 Å². The number of benzene rings is 2. The Kier molecular flexibility index (Phi) is 12.1.